The van der Waals surface area contributed by atoms with Gasteiger partial charge >= 0.3 is 0 Å². The third kappa shape index (κ3) is 4.06. The van der Waals surface area contributed by atoms with Crippen molar-refractivity contribution in [2.24, 2.45) is 0 Å². The molecule has 1 aromatic heterocycles. The van der Waals surface area contributed by atoms with E-state index in [1.165, 1.54) is 0 Å². The lowest BCUT2D eigenvalue weighted by atomic mass is 10.2. The molecule has 0 saturated carbocycles. The normalized spacial score (nSPS) is 19.5. The smallest absolute Gasteiger partial charge is 0.267 e. The van der Waals surface area contributed by atoms with Gasteiger partial charge in [0.15, 0.2) is 11.9 Å². The summed E-state index contributed by atoms with van der Waals surface area (Å²) in [6, 6.07) is 8.12. The van der Waals surface area contributed by atoms with E-state index >= 15 is 0 Å². The molecule has 1 aromatic carbocycles. The zero-order chi connectivity index (χ0) is 16.2. The van der Waals surface area contributed by atoms with E-state index < -0.39 is 0 Å². The van der Waals surface area contributed by atoms with Crippen molar-refractivity contribution >= 4 is 12.4 Å². The fraction of sp³-hybridized carbons (Fsp3) is 0.529. The summed E-state index contributed by atoms with van der Waals surface area (Å²) in [7, 11) is 2.09. The van der Waals surface area contributed by atoms with Crippen molar-refractivity contribution in [1.29, 1.82) is 0 Å². The number of nitrogens with zero attached hydrogens (tertiary/aromatic N) is 3. The molecule has 2 heterocycles. The Balaban J connectivity index is 0.00000208. The Kier molecular flexibility index (Phi) is 6.60. The van der Waals surface area contributed by atoms with Crippen LogP contribution in [-0.2, 0) is 0 Å². The molecule has 0 bridgehead atoms. The second-order valence-electron chi connectivity index (χ2n) is 5.97. The average Bonchev–Trinajstić information content (AvgIpc) is 3.04. The maximum Gasteiger partial charge on any atom is 0.267 e. The first kappa shape index (κ1) is 18.7. The van der Waals surface area contributed by atoms with E-state index in [4.69, 9.17) is 9.26 Å². The van der Waals surface area contributed by atoms with Crippen molar-refractivity contribution < 1.29 is 9.26 Å². The van der Waals surface area contributed by atoms with E-state index in [0.29, 0.717) is 5.89 Å². The fourth-order valence-electron chi connectivity index (χ4n) is 2.76. The predicted molar refractivity (Wildman–Crippen MR) is 94.6 cm³/mol. The summed E-state index contributed by atoms with van der Waals surface area (Å²) in [5.74, 6) is 2.13. The molecular formula is C17H25ClN4O2. The van der Waals surface area contributed by atoms with E-state index in [0.717, 1.165) is 43.2 Å². The Labute approximate surface area is 149 Å². The van der Waals surface area contributed by atoms with Gasteiger partial charge in [0.05, 0.1) is 6.04 Å². The molecule has 0 amide bonds. The number of piperazine rings is 1. The molecule has 7 heteroatoms. The molecule has 1 aliphatic rings. The van der Waals surface area contributed by atoms with E-state index in [1.807, 2.05) is 31.2 Å². The van der Waals surface area contributed by atoms with Gasteiger partial charge in [-0.25, -0.2) is 0 Å². The van der Waals surface area contributed by atoms with Crippen LogP contribution < -0.4 is 10.1 Å². The van der Waals surface area contributed by atoms with Crippen molar-refractivity contribution in [3.8, 4) is 5.75 Å². The summed E-state index contributed by atoms with van der Waals surface area (Å²) in [4.78, 5) is 6.84. The molecular weight excluding hydrogens is 328 g/mol. The minimum atomic E-state index is -0.223. The van der Waals surface area contributed by atoms with Crippen molar-refractivity contribution in [3.63, 3.8) is 0 Å². The van der Waals surface area contributed by atoms with Crippen LogP contribution in [0.4, 0.5) is 0 Å². The Hall–Kier alpha value is -1.63. The highest BCUT2D eigenvalue weighted by Gasteiger charge is 2.27. The molecule has 0 aliphatic carbocycles. The lowest BCUT2D eigenvalue weighted by Gasteiger charge is -2.30. The molecule has 2 unspecified atom stereocenters. The Bertz CT molecular complexity index is 649. The monoisotopic (exact) mass is 352 g/mol. The van der Waals surface area contributed by atoms with Crippen LogP contribution in [0.25, 0.3) is 0 Å². The molecule has 132 valence electrons. The quantitative estimate of drug-likeness (QED) is 0.892. The summed E-state index contributed by atoms with van der Waals surface area (Å²) >= 11 is 0. The number of hydrogen-bond donors (Lipinski definition) is 1. The van der Waals surface area contributed by atoms with Crippen LogP contribution in [0, 0.1) is 6.92 Å². The van der Waals surface area contributed by atoms with Gasteiger partial charge < -0.3 is 14.6 Å². The molecule has 1 fully saturated rings. The number of benzene rings is 1. The lowest BCUT2D eigenvalue weighted by Crippen LogP contribution is -2.44. The number of nitrogens with one attached hydrogen (secondary N) is 1. The summed E-state index contributed by atoms with van der Waals surface area (Å²) in [6.45, 7) is 6.90. The summed E-state index contributed by atoms with van der Waals surface area (Å²) < 4.78 is 11.6. The molecule has 1 aliphatic heterocycles. The standard InChI is InChI=1S/C17H24N4O2.ClH/c1-4-14(22-15-8-6-5-7-12(15)2)17-19-16(20-23-17)13-11-18-9-10-21(13)3;/h5-8,13-14,18H,4,9-11H2,1-3H3;1H. The van der Waals surface area contributed by atoms with Gasteiger partial charge in [-0.15, -0.1) is 12.4 Å². The second-order valence-corrected chi connectivity index (χ2v) is 5.97. The van der Waals surface area contributed by atoms with Crippen LogP contribution in [-0.4, -0.2) is 41.7 Å². The van der Waals surface area contributed by atoms with E-state index in [2.05, 4.69) is 34.3 Å². The number of halogens is 1. The van der Waals surface area contributed by atoms with Gasteiger partial charge in [0.25, 0.3) is 5.89 Å². The Morgan fingerprint density at radius 1 is 1.42 bits per heavy atom. The van der Waals surface area contributed by atoms with Gasteiger partial charge in [-0.05, 0) is 32.0 Å². The summed E-state index contributed by atoms with van der Waals surface area (Å²) in [5, 5.41) is 7.54. The zero-order valence-corrected chi connectivity index (χ0v) is 15.2. The van der Waals surface area contributed by atoms with Crippen LogP contribution in [0.3, 0.4) is 0 Å². The summed E-state index contributed by atoms with van der Waals surface area (Å²) in [5.41, 5.74) is 1.10. The first-order valence-corrected chi connectivity index (χ1v) is 8.15. The Morgan fingerprint density at radius 2 is 2.21 bits per heavy atom. The third-order valence-electron chi connectivity index (χ3n) is 4.28. The fourth-order valence-corrected chi connectivity index (χ4v) is 2.76. The number of rotatable bonds is 5. The highest BCUT2D eigenvalue weighted by molar-refractivity contribution is 5.85. The first-order valence-electron chi connectivity index (χ1n) is 8.15. The van der Waals surface area contributed by atoms with Gasteiger partial charge in [-0.1, -0.05) is 30.3 Å². The highest BCUT2D eigenvalue weighted by atomic mass is 35.5. The zero-order valence-electron chi connectivity index (χ0n) is 14.4. The van der Waals surface area contributed by atoms with Crippen LogP contribution in [0.5, 0.6) is 5.75 Å². The van der Waals surface area contributed by atoms with E-state index in [9.17, 15) is 0 Å². The molecule has 0 radical (unpaired) electrons. The molecule has 3 rings (SSSR count). The highest BCUT2D eigenvalue weighted by Crippen LogP contribution is 2.27. The van der Waals surface area contributed by atoms with Crippen molar-refractivity contribution in [2.45, 2.75) is 32.4 Å². The van der Waals surface area contributed by atoms with Crippen molar-refractivity contribution in [3.05, 3.63) is 41.5 Å². The number of likely N-dealkylation sites (N-methyl/N-ethyl adjacent to an activating group) is 1. The maximum atomic E-state index is 6.08. The lowest BCUT2D eigenvalue weighted by molar-refractivity contribution is 0.152. The second kappa shape index (κ2) is 8.46. The van der Waals surface area contributed by atoms with Crippen LogP contribution >= 0.6 is 12.4 Å². The van der Waals surface area contributed by atoms with Crippen molar-refractivity contribution in [1.82, 2.24) is 20.4 Å². The van der Waals surface area contributed by atoms with Crippen LogP contribution in [0.2, 0.25) is 0 Å². The summed E-state index contributed by atoms with van der Waals surface area (Å²) in [6.07, 6.45) is 0.550. The minimum Gasteiger partial charge on any atom is -0.480 e. The largest absolute Gasteiger partial charge is 0.480 e. The van der Waals surface area contributed by atoms with Crippen LogP contribution in [0.15, 0.2) is 28.8 Å². The molecule has 1 N–H and O–H groups in total. The van der Waals surface area contributed by atoms with Gasteiger partial charge in [0, 0.05) is 19.6 Å². The van der Waals surface area contributed by atoms with Gasteiger partial charge in [-0.2, -0.15) is 4.98 Å². The van der Waals surface area contributed by atoms with Gasteiger partial charge in [0.2, 0.25) is 0 Å². The first-order chi connectivity index (χ1) is 11.2. The van der Waals surface area contributed by atoms with Gasteiger partial charge in [-0.3, -0.25) is 4.90 Å². The number of para-hydroxylation sites is 1. The Morgan fingerprint density at radius 3 is 2.92 bits per heavy atom. The third-order valence-corrected chi connectivity index (χ3v) is 4.28. The predicted octanol–water partition coefficient (Wildman–Crippen LogP) is 2.91. The number of aryl methyl sites for hydroxylation is 1. The topological polar surface area (TPSA) is 63.4 Å². The number of aromatic nitrogens is 2. The molecule has 0 spiro atoms. The maximum absolute atomic E-state index is 6.08. The van der Waals surface area contributed by atoms with Crippen molar-refractivity contribution in [2.75, 3.05) is 26.7 Å². The number of ether oxygens (including phenoxy) is 1. The molecule has 2 atom stereocenters. The van der Waals surface area contributed by atoms with Gasteiger partial charge in [0.1, 0.15) is 5.75 Å². The molecule has 1 saturated heterocycles. The molecule has 6 nitrogen and oxygen atoms in total. The minimum absolute atomic E-state index is 0. The van der Waals surface area contributed by atoms with Crippen LogP contribution in [0.1, 0.15) is 42.8 Å². The van der Waals surface area contributed by atoms with E-state index in [-0.39, 0.29) is 24.6 Å². The average molecular weight is 353 g/mol. The molecule has 2 aromatic rings. The molecule has 24 heavy (non-hydrogen) atoms. The number of hydrogen-bond acceptors (Lipinski definition) is 6. The van der Waals surface area contributed by atoms with E-state index in [1.54, 1.807) is 0 Å². The SMILES string of the molecule is CCC(Oc1ccccc1C)c1nc(C2CNCCN2C)no1.Cl.